The van der Waals surface area contributed by atoms with E-state index in [4.69, 9.17) is 4.74 Å². The van der Waals surface area contributed by atoms with Gasteiger partial charge in [-0.05, 0) is 43.5 Å². The molecule has 1 amide bonds. The second-order valence-corrected chi connectivity index (χ2v) is 8.95. The van der Waals surface area contributed by atoms with Gasteiger partial charge >= 0.3 is 5.69 Å². The van der Waals surface area contributed by atoms with Gasteiger partial charge in [0.1, 0.15) is 0 Å². The number of nitrogens with zero attached hydrogens (tertiary/aromatic N) is 2. The maximum absolute atomic E-state index is 13.4. The molecule has 0 unspecified atom stereocenters. The Morgan fingerprint density at radius 2 is 1.59 bits per heavy atom. The molecule has 0 aromatic heterocycles. The lowest BCUT2D eigenvalue weighted by atomic mass is 9.65. The predicted molar refractivity (Wildman–Crippen MR) is 124 cm³/mol. The molecule has 0 aliphatic carbocycles. The highest BCUT2D eigenvalue weighted by atomic mass is 16.6. The van der Waals surface area contributed by atoms with E-state index in [1.165, 1.54) is 17.7 Å². The molecule has 1 atom stereocenters. The molecule has 0 saturated carbocycles. The first-order valence-corrected chi connectivity index (χ1v) is 10.6. The molecule has 0 bridgehead atoms. The first-order chi connectivity index (χ1) is 15.2. The number of fused-ring (bicyclic) bond motifs is 1. The van der Waals surface area contributed by atoms with Crippen LogP contribution in [0, 0.1) is 10.1 Å². The number of hydrogen-bond donors (Lipinski definition) is 0. The molecule has 1 aliphatic rings. The summed E-state index contributed by atoms with van der Waals surface area (Å²) >= 11 is 0. The third-order valence-corrected chi connectivity index (χ3v) is 6.20. The second kappa shape index (κ2) is 8.11. The lowest BCUT2D eigenvalue weighted by Gasteiger charge is -2.51. The van der Waals surface area contributed by atoms with Crippen LogP contribution in [-0.2, 0) is 10.2 Å². The molecule has 0 radical (unpaired) electrons. The maximum atomic E-state index is 13.4. The van der Waals surface area contributed by atoms with E-state index in [-0.39, 0.29) is 29.4 Å². The van der Waals surface area contributed by atoms with Crippen molar-refractivity contribution in [2.24, 2.45) is 0 Å². The van der Waals surface area contributed by atoms with Crippen molar-refractivity contribution in [2.45, 2.75) is 38.1 Å². The minimum absolute atomic E-state index is 0.0862. The monoisotopic (exact) mass is 430 g/mol. The van der Waals surface area contributed by atoms with Gasteiger partial charge < -0.3 is 9.64 Å². The number of nitro groups is 1. The van der Waals surface area contributed by atoms with E-state index in [1.807, 2.05) is 50.2 Å². The summed E-state index contributed by atoms with van der Waals surface area (Å²) in [5, 5.41) is 11.3. The van der Waals surface area contributed by atoms with Crippen molar-refractivity contribution in [1.29, 1.82) is 0 Å². The highest BCUT2D eigenvalue weighted by Gasteiger charge is 2.47. The van der Waals surface area contributed by atoms with Gasteiger partial charge in [-0.25, -0.2) is 0 Å². The van der Waals surface area contributed by atoms with Crippen LogP contribution in [0.15, 0.2) is 78.9 Å². The van der Waals surface area contributed by atoms with Crippen LogP contribution in [0.3, 0.4) is 0 Å². The molecule has 3 aromatic rings. The number of carbonyl (C=O) groups is 1. The Labute approximate surface area is 187 Å². The van der Waals surface area contributed by atoms with Crippen LogP contribution in [0.2, 0.25) is 0 Å². The number of ether oxygens (including phenoxy) is 1. The lowest BCUT2D eigenvalue weighted by molar-refractivity contribution is -0.385. The zero-order chi connectivity index (χ0) is 22.9. The van der Waals surface area contributed by atoms with Gasteiger partial charge in [0.15, 0.2) is 12.4 Å². The summed E-state index contributed by atoms with van der Waals surface area (Å²) in [4.78, 5) is 26.0. The van der Waals surface area contributed by atoms with E-state index in [0.717, 1.165) is 17.7 Å². The molecular formula is C26H26N2O4. The number of benzene rings is 3. The van der Waals surface area contributed by atoms with Crippen molar-refractivity contribution >= 4 is 17.3 Å². The Balaban J connectivity index is 1.69. The van der Waals surface area contributed by atoms with Crippen LogP contribution >= 0.6 is 0 Å². The van der Waals surface area contributed by atoms with Crippen LogP contribution < -0.4 is 9.64 Å². The van der Waals surface area contributed by atoms with E-state index in [9.17, 15) is 14.9 Å². The molecule has 4 rings (SSSR count). The minimum Gasteiger partial charge on any atom is -0.477 e. The standard InChI is InChI=1S/C26H26N2O4/c1-25(2)18-26(3,19-11-5-4-6-12-19)20-13-7-8-14-21(20)27(25)24(29)17-32-23-16-10-9-15-22(23)28(30)31/h4-16H,17-18H2,1-3H3/t26-/m1/s1. The van der Waals surface area contributed by atoms with Crippen LogP contribution in [0.4, 0.5) is 11.4 Å². The number of amides is 1. The Hall–Kier alpha value is -3.67. The zero-order valence-corrected chi connectivity index (χ0v) is 18.4. The van der Waals surface area contributed by atoms with Gasteiger partial charge in [0.25, 0.3) is 5.91 Å². The molecular weight excluding hydrogens is 404 g/mol. The van der Waals surface area contributed by atoms with Crippen molar-refractivity contribution in [3.8, 4) is 5.75 Å². The SMILES string of the molecule is CC1(C)C[C@](C)(c2ccccc2)c2ccccc2N1C(=O)COc1ccccc1[N+](=O)[O-]. The van der Waals surface area contributed by atoms with Crippen LogP contribution in [-0.4, -0.2) is 23.0 Å². The molecule has 0 saturated heterocycles. The number of nitro benzene ring substituents is 1. The molecule has 3 aromatic carbocycles. The average molecular weight is 431 g/mol. The summed E-state index contributed by atoms with van der Waals surface area (Å²) in [5.41, 5.74) is 2.19. The number of carbonyl (C=O) groups excluding carboxylic acids is 1. The number of rotatable bonds is 5. The molecule has 32 heavy (non-hydrogen) atoms. The van der Waals surface area contributed by atoms with E-state index in [1.54, 1.807) is 17.0 Å². The summed E-state index contributed by atoms with van der Waals surface area (Å²) in [5.74, 6) is -0.154. The van der Waals surface area contributed by atoms with Crippen molar-refractivity contribution in [3.05, 3.63) is 100 Å². The van der Waals surface area contributed by atoms with Gasteiger partial charge in [-0.2, -0.15) is 0 Å². The molecule has 6 heteroatoms. The summed E-state index contributed by atoms with van der Waals surface area (Å²) in [7, 11) is 0. The van der Waals surface area contributed by atoms with Crippen molar-refractivity contribution < 1.29 is 14.5 Å². The predicted octanol–water partition coefficient (Wildman–Crippen LogP) is 5.50. The van der Waals surface area contributed by atoms with E-state index in [2.05, 4.69) is 25.1 Å². The largest absolute Gasteiger partial charge is 0.477 e. The molecule has 0 spiro atoms. The van der Waals surface area contributed by atoms with Gasteiger partial charge in [0.2, 0.25) is 0 Å². The molecule has 6 nitrogen and oxygen atoms in total. The summed E-state index contributed by atoms with van der Waals surface area (Å²) in [6, 6.07) is 24.4. The Morgan fingerprint density at radius 3 is 2.31 bits per heavy atom. The van der Waals surface area contributed by atoms with Gasteiger partial charge in [-0.1, -0.05) is 67.6 Å². The minimum atomic E-state index is -0.509. The summed E-state index contributed by atoms with van der Waals surface area (Å²) in [6.45, 7) is 6.03. The first-order valence-electron chi connectivity index (χ1n) is 10.6. The Kier molecular flexibility index (Phi) is 5.46. The van der Waals surface area contributed by atoms with Crippen LogP contribution in [0.25, 0.3) is 0 Å². The fraction of sp³-hybridized carbons (Fsp3) is 0.269. The zero-order valence-electron chi connectivity index (χ0n) is 18.4. The fourth-order valence-electron chi connectivity index (χ4n) is 4.97. The Bertz CT molecular complexity index is 1160. The van der Waals surface area contributed by atoms with E-state index >= 15 is 0 Å². The second-order valence-electron chi connectivity index (χ2n) is 8.95. The van der Waals surface area contributed by atoms with Crippen LogP contribution in [0.5, 0.6) is 5.75 Å². The number of hydrogen-bond acceptors (Lipinski definition) is 4. The summed E-state index contributed by atoms with van der Waals surface area (Å²) < 4.78 is 5.63. The highest BCUT2D eigenvalue weighted by molar-refractivity contribution is 5.97. The van der Waals surface area contributed by atoms with Crippen molar-refractivity contribution in [1.82, 2.24) is 0 Å². The third kappa shape index (κ3) is 3.73. The topological polar surface area (TPSA) is 72.7 Å². The van der Waals surface area contributed by atoms with Gasteiger partial charge in [-0.3, -0.25) is 14.9 Å². The van der Waals surface area contributed by atoms with E-state index < -0.39 is 10.5 Å². The first kappa shape index (κ1) is 21.6. The van der Waals surface area contributed by atoms with Gasteiger partial charge in [0, 0.05) is 22.7 Å². The van der Waals surface area contributed by atoms with Crippen molar-refractivity contribution in [3.63, 3.8) is 0 Å². The smallest absolute Gasteiger partial charge is 0.310 e. The highest BCUT2D eigenvalue weighted by Crippen LogP contribution is 2.50. The Morgan fingerprint density at radius 1 is 0.969 bits per heavy atom. The van der Waals surface area contributed by atoms with Gasteiger partial charge in [-0.15, -0.1) is 0 Å². The maximum Gasteiger partial charge on any atom is 0.310 e. The molecule has 0 N–H and O–H groups in total. The van der Waals surface area contributed by atoms with Crippen molar-refractivity contribution in [2.75, 3.05) is 11.5 Å². The molecule has 1 aliphatic heterocycles. The quantitative estimate of drug-likeness (QED) is 0.396. The van der Waals surface area contributed by atoms with E-state index in [0.29, 0.717) is 0 Å². The number of anilines is 1. The number of para-hydroxylation sites is 3. The normalized spacial score (nSPS) is 19.2. The molecule has 164 valence electrons. The molecule has 1 heterocycles. The average Bonchev–Trinajstić information content (AvgIpc) is 2.78. The molecule has 0 fully saturated rings. The summed E-state index contributed by atoms with van der Waals surface area (Å²) in [6.07, 6.45) is 0.720. The third-order valence-electron chi connectivity index (χ3n) is 6.20. The fourth-order valence-corrected chi connectivity index (χ4v) is 4.97. The van der Waals surface area contributed by atoms with Crippen LogP contribution in [0.1, 0.15) is 38.3 Å². The van der Waals surface area contributed by atoms with Gasteiger partial charge in [0.05, 0.1) is 4.92 Å². The lowest BCUT2D eigenvalue weighted by Crippen LogP contribution is -2.57.